The zero-order valence-corrected chi connectivity index (χ0v) is 20.9. The first kappa shape index (κ1) is 24.2. The number of thiocarbonyl (C=S) groups is 1. The molecule has 3 heterocycles. The highest BCUT2D eigenvalue weighted by molar-refractivity contribution is 7.80. The molecule has 1 saturated heterocycles. The minimum absolute atomic E-state index is 0.0630. The molecule has 0 spiro atoms. The molecular weight excluding hydrogens is 477 g/mol. The van der Waals surface area contributed by atoms with Gasteiger partial charge in [0.2, 0.25) is 0 Å². The van der Waals surface area contributed by atoms with Crippen LogP contribution in [0.2, 0.25) is 5.02 Å². The van der Waals surface area contributed by atoms with E-state index in [9.17, 15) is 9.18 Å². The van der Waals surface area contributed by atoms with Crippen LogP contribution in [0.15, 0.2) is 24.4 Å². The number of carbonyl (C=O) groups is 1. The summed E-state index contributed by atoms with van der Waals surface area (Å²) in [6, 6.07) is 4.60. The molecule has 0 aliphatic carbocycles. The van der Waals surface area contributed by atoms with Crippen molar-refractivity contribution < 1.29 is 9.18 Å². The largest absolute Gasteiger partial charge is 0.337 e. The van der Waals surface area contributed by atoms with Crippen LogP contribution < -0.4 is 10.6 Å². The fraction of sp³-hybridized carbons (Fsp3) is 0.391. The number of benzene rings is 1. The number of anilines is 2. The third-order valence-electron chi connectivity index (χ3n) is 6.02. The SMILES string of the molecule is Cc1nn(Cc2c(F)cccc2Cl)c(C)c1NC(=S)Nc1cnn(C)c1C(=O)N1CCCCC1. The number of aromatic nitrogens is 4. The van der Waals surface area contributed by atoms with Gasteiger partial charge in [0.25, 0.3) is 5.91 Å². The molecule has 1 amide bonds. The first-order valence-electron chi connectivity index (χ1n) is 11.1. The predicted molar refractivity (Wildman–Crippen MR) is 135 cm³/mol. The van der Waals surface area contributed by atoms with Gasteiger partial charge in [-0.25, -0.2) is 4.39 Å². The highest BCUT2D eigenvalue weighted by Gasteiger charge is 2.25. The van der Waals surface area contributed by atoms with Gasteiger partial charge in [-0.3, -0.25) is 14.2 Å². The normalized spacial score (nSPS) is 13.7. The van der Waals surface area contributed by atoms with Gasteiger partial charge in [-0.1, -0.05) is 17.7 Å². The van der Waals surface area contributed by atoms with Crippen molar-refractivity contribution in [1.29, 1.82) is 0 Å². The van der Waals surface area contributed by atoms with E-state index in [2.05, 4.69) is 20.8 Å². The maximum atomic E-state index is 14.3. The number of hydrogen-bond acceptors (Lipinski definition) is 4. The molecule has 34 heavy (non-hydrogen) atoms. The summed E-state index contributed by atoms with van der Waals surface area (Å²) >= 11 is 11.7. The maximum Gasteiger partial charge on any atom is 0.274 e. The van der Waals surface area contributed by atoms with E-state index in [1.165, 1.54) is 6.07 Å². The average Bonchev–Trinajstić information content (AvgIpc) is 3.30. The van der Waals surface area contributed by atoms with E-state index in [0.29, 0.717) is 38.5 Å². The Morgan fingerprint density at radius 3 is 2.65 bits per heavy atom. The molecule has 1 aliphatic heterocycles. The number of nitrogens with one attached hydrogen (secondary N) is 2. The highest BCUT2D eigenvalue weighted by Crippen LogP contribution is 2.25. The zero-order valence-electron chi connectivity index (χ0n) is 19.4. The number of likely N-dealkylation sites (tertiary alicyclic amines) is 1. The van der Waals surface area contributed by atoms with Gasteiger partial charge in [-0.15, -0.1) is 0 Å². The number of rotatable bonds is 5. The van der Waals surface area contributed by atoms with E-state index in [4.69, 9.17) is 23.8 Å². The molecule has 0 saturated carbocycles. The lowest BCUT2D eigenvalue weighted by molar-refractivity contribution is 0.0714. The molecular formula is C23H27ClFN7OS. The fourth-order valence-electron chi connectivity index (χ4n) is 4.16. The minimum atomic E-state index is -0.380. The summed E-state index contributed by atoms with van der Waals surface area (Å²) < 4.78 is 17.5. The Balaban J connectivity index is 1.50. The summed E-state index contributed by atoms with van der Waals surface area (Å²) in [5, 5.41) is 15.7. The Labute approximate surface area is 208 Å². The fourth-order valence-corrected chi connectivity index (χ4v) is 4.60. The first-order chi connectivity index (χ1) is 16.3. The molecule has 8 nitrogen and oxygen atoms in total. The Morgan fingerprint density at radius 1 is 1.21 bits per heavy atom. The molecule has 3 aromatic rings. The van der Waals surface area contributed by atoms with Gasteiger partial charge in [-0.2, -0.15) is 10.2 Å². The number of piperidine rings is 1. The summed E-state index contributed by atoms with van der Waals surface area (Å²) in [5.41, 5.74) is 3.55. The standard InChI is InChI=1S/C23H27ClFN7OS/c1-14-20(15(2)32(29-14)13-16-17(24)8-7-9-18(16)25)28-23(34)27-19-12-26-30(3)21(19)22(33)31-10-5-4-6-11-31/h7-9,12H,4-6,10-11,13H2,1-3H3,(H2,27,28,34). The first-order valence-corrected chi connectivity index (χ1v) is 11.9. The number of carbonyl (C=O) groups excluding carboxylic acids is 1. The maximum absolute atomic E-state index is 14.3. The smallest absolute Gasteiger partial charge is 0.274 e. The third-order valence-corrected chi connectivity index (χ3v) is 6.58. The Hall–Kier alpha value is -2.98. The van der Waals surface area contributed by atoms with E-state index in [-0.39, 0.29) is 18.3 Å². The van der Waals surface area contributed by atoms with E-state index < -0.39 is 0 Å². The summed E-state index contributed by atoms with van der Waals surface area (Å²) in [5.74, 6) is -0.443. The molecule has 180 valence electrons. The van der Waals surface area contributed by atoms with Crippen LogP contribution in [-0.4, -0.2) is 48.6 Å². The van der Waals surface area contributed by atoms with Crippen LogP contribution in [0.1, 0.15) is 46.7 Å². The summed E-state index contributed by atoms with van der Waals surface area (Å²) in [6.45, 7) is 5.39. The third kappa shape index (κ3) is 4.92. The van der Waals surface area contributed by atoms with Gasteiger partial charge in [0.05, 0.1) is 35.5 Å². The van der Waals surface area contributed by atoms with Crippen LogP contribution in [0.25, 0.3) is 0 Å². The van der Waals surface area contributed by atoms with Crippen molar-refractivity contribution in [3.05, 3.63) is 57.9 Å². The molecule has 2 aromatic heterocycles. The number of halogens is 2. The second-order valence-electron chi connectivity index (χ2n) is 8.37. The van der Waals surface area contributed by atoms with Gasteiger partial charge < -0.3 is 15.5 Å². The number of nitrogens with zero attached hydrogens (tertiary/aromatic N) is 5. The van der Waals surface area contributed by atoms with Crippen molar-refractivity contribution in [2.24, 2.45) is 7.05 Å². The molecule has 0 unspecified atom stereocenters. The van der Waals surface area contributed by atoms with Crippen LogP contribution >= 0.6 is 23.8 Å². The number of aryl methyl sites for hydroxylation is 2. The van der Waals surface area contributed by atoms with Crippen molar-refractivity contribution in [1.82, 2.24) is 24.5 Å². The van der Waals surface area contributed by atoms with Crippen LogP contribution in [0.3, 0.4) is 0 Å². The Bertz CT molecular complexity index is 1210. The van der Waals surface area contributed by atoms with Crippen molar-refractivity contribution >= 4 is 46.2 Å². The van der Waals surface area contributed by atoms with Gasteiger partial charge in [0.15, 0.2) is 5.11 Å². The lowest BCUT2D eigenvalue weighted by atomic mass is 10.1. The average molecular weight is 504 g/mol. The van der Waals surface area contributed by atoms with Crippen molar-refractivity contribution in [3.8, 4) is 0 Å². The molecule has 2 N–H and O–H groups in total. The van der Waals surface area contributed by atoms with Gasteiger partial charge >= 0.3 is 0 Å². The highest BCUT2D eigenvalue weighted by atomic mass is 35.5. The van der Waals surface area contributed by atoms with E-state index in [1.54, 1.807) is 34.7 Å². The molecule has 11 heteroatoms. The van der Waals surface area contributed by atoms with Crippen LogP contribution in [0, 0.1) is 19.7 Å². The molecule has 4 rings (SSSR count). The second-order valence-corrected chi connectivity index (χ2v) is 9.18. The van der Waals surface area contributed by atoms with Gasteiger partial charge in [0.1, 0.15) is 11.5 Å². The monoisotopic (exact) mass is 503 g/mol. The topological polar surface area (TPSA) is 80.0 Å². The van der Waals surface area contributed by atoms with Crippen LogP contribution in [-0.2, 0) is 13.6 Å². The summed E-state index contributed by atoms with van der Waals surface area (Å²) in [7, 11) is 1.74. The summed E-state index contributed by atoms with van der Waals surface area (Å²) in [6.07, 6.45) is 4.75. The molecule has 0 bridgehead atoms. The Morgan fingerprint density at radius 2 is 1.94 bits per heavy atom. The van der Waals surface area contributed by atoms with Gasteiger partial charge in [-0.05, 0) is 57.5 Å². The van der Waals surface area contributed by atoms with Gasteiger partial charge in [0, 0.05) is 30.7 Å². The van der Waals surface area contributed by atoms with Crippen molar-refractivity contribution in [2.45, 2.75) is 39.7 Å². The van der Waals surface area contributed by atoms with Crippen LogP contribution in [0.4, 0.5) is 15.8 Å². The number of amides is 1. The number of hydrogen-bond donors (Lipinski definition) is 2. The molecule has 1 fully saturated rings. The molecule has 1 aromatic carbocycles. The Kier molecular flexibility index (Phi) is 7.18. The second kappa shape index (κ2) is 10.1. The lowest BCUT2D eigenvalue weighted by Gasteiger charge is -2.27. The van der Waals surface area contributed by atoms with E-state index >= 15 is 0 Å². The predicted octanol–water partition coefficient (Wildman–Crippen LogP) is 4.51. The van der Waals surface area contributed by atoms with Crippen molar-refractivity contribution in [3.63, 3.8) is 0 Å². The van der Waals surface area contributed by atoms with E-state index in [0.717, 1.165) is 38.0 Å². The quantitative estimate of drug-likeness (QED) is 0.499. The van der Waals surface area contributed by atoms with Crippen LogP contribution in [0.5, 0.6) is 0 Å². The molecule has 0 atom stereocenters. The lowest BCUT2D eigenvalue weighted by Crippen LogP contribution is -2.37. The van der Waals surface area contributed by atoms with Crippen molar-refractivity contribution in [2.75, 3.05) is 23.7 Å². The molecule has 0 radical (unpaired) electrons. The minimum Gasteiger partial charge on any atom is -0.337 e. The molecule has 1 aliphatic rings. The summed E-state index contributed by atoms with van der Waals surface area (Å²) in [4.78, 5) is 14.9. The van der Waals surface area contributed by atoms with E-state index in [1.807, 2.05) is 18.7 Å². The zero-order chi connectivity index (χ0) is 24.4.